The number of rotatable bonds is 9. The van der Waals surface area contributed by atoms with E-state index in [-0.39, 0.29) is 12.1 Å². The summed E-state index contributed by atoms with van der Waals surface area (Å²) < 4.78 is 11.1. The molecule has 39 heavy (non-hydrogen) atoms. The molecule has 0 aliphatic carbocycles. The highest BCUT2D eigenvalue weighted by atomic mass is 16.5. The average Bonchev–Trinajstić information content (AvgIpc) is 3.00. The summed E-state index contributed by atoms with van der Waals surface area (Å²) in [5.41, 5.74) is 5.02. The van der Waals surface area contributed by atoms with Crippen LogP contribution in [0.4, 0.5) is 4.79 Å². The Labute approximate surface area is 235 Å². The van der Waals surface area contributed by atoms with E-state index >= 15 is 0 Å². The van der Waals surface area contributed by atoms with Crippen LogP contribution in [0.5, 0.6) is 11.5 Å². The van der Waals surface area contributed by atoms with Gasteiger partial charge in [0.25, 0.3) is 0 Å². The highest BCUT2D eigenvalue weighted by Gasteiger charge is 2.29. The van der Waals surface area contributed by atoms with E-state index in [0.29, 0.717) is 0 Å². The Hall–Kier alpha value is -3.80. The van der Waals surface area contributed by atoms with E-state index in [1.165, 1.54) is 10.6 Å². The molecule has 0 N–H and O–H groups in total. The lowest BCUT2D eigenvalue weighted by Gasteiger charge is -2.37. The molecule has 1 saturated heterocycles. The van der Waals surface area contributed by atoms with Gasteiger partial charge in [-0.2, -0.15) is 10.1 Å². The maximum absolute atomic E-state index is 13.5. The van der Waals surface area contributed by atoms with Gasteiger partial charge in [-0.25, -0.2) is 4.79 Å². The van der Waals surface area contributed by atoms with E-state index in [9.17, 15) is 4.79 Å². The van der Waals surface area contributed by atoms with Crippen molar-refractivity contribution < 1.29 is 14.3 Å². The van der Waals surface area contributed by atoms with Crippen LogP contribution < -0.4 is 9.47 Å². The van der Waals surface area contributed by atoms with Gasteiger partial charge in [-0.1, -0.05) is 68.0 Å². The van der Waals surface area contributed by atoms with Gasteiger partial charge >= 0.3 is 6.03 Å². The Morgan fingerprint density at radius 2 is 1.72 bits per heavy atom. The average molecular weight is 532 g/mol. The Balaban J connectivity index is 0.00000260. The molecule has 0 saturated carbocycles. The molecule has 1 atom stereocenters. The highest BCUT2D eigenvalue weighted by Crippen LogP contribution is 2.38. The number of urea groups is 1. The second kappa shape index (κ2) is 16.2. The summed E-state index contributed by atoms with van der Waals surface area (Å²) in [6.45, 7) is 14.4. The SMILES string of the molecule is C=NN(/C=C(\C)c1ccc(-c2c(OC)cccc2OC)cc1)C(=O)N1CCCCC1CC(/C=C\C)=C/C.CC. The van der Waals surface area contributed by atoms with Crippen LogP contribution in [-0.4, -0.2) is 49.5 Å². The second-order valence-corrected chi connectivity index (χ2v) is 9.11. The van der Waals surface area contributed by atoms with Gasteiger partial charge in [0, 0.05) is 25.5 Å². The molecule has 2 aromatic carbocycles. The number of carbonyl (C=O) groups excluding carboxylic acids is 1. The quantitative estimate of drug-likeness (QED) is 0.185. The van der Waals surface area contributed by atoms with Gasteiger partial charge in [0.1, 0.15) is 11.5 Å². The summed E-state index contributed by atoms with van der Waals surface area (Å²) in [6, 6.07) is 13.9. The number of allylic oxidation sites excluding steroid dienone is 4. The van der Waals surface area contributed by atoms with Crippen molar-refractivity contribution in [3.63, 3.8) is 0 Å². The third-order valence-electron chi connectivity index (χ3n) is 6.82. The number of nitrogens with zero attached hydrogens (tertiary/aromatic N) is 3. The molecular weight excluding hydrogens is 486 g/mol. The molecule has 1 fully saturated rings. The topological polar surface area (TPSA) is 54.4 Å². The van der Waals surface area contributed by atoms with Gasteiger partial charge in [-0.15, -0.1) is 0 Å². The van der Waals surface area contributed by atoms with Crippen molar-refractivity contribution in [2.75, 3.05) is 20.8 Å². The van der Waals surface area contributed by atoms with Gasteiger partial charge in [0.05, 0.1) is 19.8 Å². The molecule has 0 aromatic heterocycles. The number of piperidine rings is 1. The zero-order chi connectivity index (χ0) is 28.8. The molecule has 1 aliphatic rings. The van der Waals surface area contributed by atoms with Crippen LogP contribution in [0.25, 0.3) is 16.7 Å². The minimum Gasteiger partial charge on any atom is -0.496 e. The molecule has 2 aromatic rings. The Morgan fingerprint density at radius 1 is 1.08 bits per heavy atom. The molecule has 3 rings (SSSR count). The zero-order valence-corrected chi connectivity index (χ0v) is 24.7. The summed E-state index contributed by atoms with van der Waals surface area (Å²) in [7, 11) is 3.31. The minimum atomic E-state index is -0.134. The number of benzene rings is 2. The number of methoxy groups -OCH3 is 2. The van der Waals surface area contributed by atoms with Crippen LogP contribution in [0.3, 0.4) is 0 Å². The molecule has 210 valence electrons. The monoisotopic (exact) mass is 531 g/mol. The summed E-state index contributed by atoms with van der Waals surface area (Å²) >= 11 is 0. The number of ether oxygens (including phenoxy) is 2. The maximum Gasteiger partial charge on any atom is 0.344 e. The van der Waals surface area contributed by atoms with Crippen molar-refractivity contribution in [2.45, 2.75) is 66.3 Å². The van der Waals surface area contributed by atoms with Crippen molar-refractivity contribution in [2.24, 2.45) is 5.10 Å². The smallest absolute Gasteiger partial charge is 0.344 e. The number of carbonyl (C=O) groups is 1. The predicted molar refractivity (Wildman–Crippen MR) is 164 cm³/mol. The van der Waals surface area contributed by atoms with Crippen molar-refractivity contribution in [3.8, 4) is 22.6 Å². The van der Waals surface area contributed by atoms with Gasteiger partial charge in [0.15, 0.2) is 0 Å². The largest absolute Gasteiger partial charge is 0.496 e. The van der Waals surface area contributed by atoms with Crippen LogP contribution in [0.1, 0.15) is 65.9 Å². The van der Waals surface area contributed by atoms with Crippen LogP contribution in [0.15, 0.2) is 77.6 Å². The Morgan fingerprint density at radius 3 is 2.26 bits per heavy atom. The highest BCUT2D eigenvalue weighted by molar-refractivity contribution is 5.80. The molecule has 0 bridgehead atoms. The van der Waals surface area contributed by atoms with E-state index in [1.807, 2.05) is 88.1 Å². The summed E-state index contributed by atoms with van der Waals surface area (Å²) in [4.78, 5) is 15.5. The molecule has 6 heteroatoms. The molecule has 2 amide bonds. The molecule has 1 unspecified atom stereocenters. The third-order valence-corrected chi connectivity index (χ3v) is 6.82. The van der Waals surface area contributed by atoms with Gasteiger partial charge in [-0.3, -0.25) is 0 Å². The number of amides is 2. The maximum atomic E-state index is 13.5. The second-order valence-electron chi connectivity index (χ2n) is 9.11. The molecule has 6 nitrogen and oxygen atoms in total. The fraction of sp³-hybridized carbons (Fsp3) is 0.394. The molecule has 0 spiro atoms. The lowest BCUT2D eigenvalue weighted by Crippen LogP contribution is -2.47. The first kappa shape index (κ1) is 31.4. The van der Waals surface area contributed by atoms with E-state index in [1.54, 1.807) is 20.4 Å². The zero-order valence-electron chi connectivity index (χ0n) is 24.7. The van der Waals surface area contributed by atoms with Crippen molar-refractivity contribution in [1.29, 1.82) is 0 Å². The number of hydrogen-bond acceptors (Lipinski definition) is 4. The lowest BCUT2D eigenvalue weighted by atomic mass is 9.95. The standard InChI is InChI=1S/C31H39N3O3.C2H6/c1-7-12-24(8-2)21-27-13-9-10-20-33(27)31(35)34(32-4)22-23(3)25-16-18-26(19-17-25)30-28(36-5)14-11-15-29(30)37-6;1-2/h7-8,11-12,14-19,22,27H,4,9-10,13,20-21H2,1-3,5-6H3;1-2H3/b12-7-,23-22+,24-8+;. The Bertz CT molecular complexity index is 1140. The first-order chi connectivity index (χ1) is 19.0. The predicted octanol–water partition coefficient (Wildman–Crippen LogP) is 8.56. The van der Waals surface area contributed by atoms with E-state index < -0.39 is 0 Å². The summed E-state index contributed by atoms with van der Waals surface area (Å²) in [5.74, 6) is 1.50. The fourth-order valence-electron chi connectivity index (χ4n) is 4.81. The van der Waals surface area contributed by atoms with Crippen molar-refractivity contribution in [3.05, 3.63) is 78.0 Å². The normalized spacial score (nSPS) is 15.9. The molecule has 0 radical (unpaired) electrons. The summed E-state index contributed by atoms with van der Waals surface area (Å²) in [5, 5.41) is 5.43. The van der Waals surface area contributed by atoms with Gasteiger partial charge in [0.2, 0.25) is 0 Å². The molecular formula is C33H45N3O3. The number of hydrogen-bond donors (Lipinski definition) is 0. The minimum absolute atomic E-state index is 0.134. The lowest BCUT2D eigenvalue weighted by molar-refractivity contribution is 0.129. The molecule has 1 heterocycles. The van der Waals surface area contributed by atoms with Gasteiger partial charge in [-0.05, 0) is 75.3 Å². The number of likely N-dealkylation sites (tertiary alicyclic amines) is 1. The number of hydrazone groups is 1. The van der Waals surface area contributed by atoms with Crippen molar-refractivity contribution >= 4 is 18.3 Å². The van der Waals surface area contributed by atoms with Crippen LogP contribution >= 0.6 is 0 Å². The summed E-state index contributed by atoms with van der Waals surface area (Å²) in [6.07, 6.45) is 12.0. The Kier molecular flexibility index (Phi) is 13.1. The van der Waals surface area contributed by atoms with E-state index in [0.717, 1.165) is 66.0 Å². The molecule has 1 aliphatic heterocycles. The van der Waals surface area contributed by atoms with E-state index in [4.69, 9.17) is 9.47 Å². The fourth-order valence-corrected chi connectivity index (χ4v) is 4.81. The van der Waals surface area contributed by atoms with Crippen molar-refractivity contribution in [1.82, 2.24) is 9.91 Å². The van der Waals surface area contributed by atoms with E-state index in [2.05, 4.69) is 24.0 Å². The third kappa shape index (κ3) is 8.09. The van der Waals surface area contributed by atoms with Gasteiger partial charge < -0.3 is 14.4 Å². The van der Waals surface area contributed by atoms with Crippen LogP contribution in [0.2, 0.25) is 0 Å². The first-order valence-electron chi connectivity index (χ1n) is 13.8. The first-order valence-corrected chi connectivity index (χ1v) is 13.8. The van der Waals surface area contributed by atoms with Crippen LogP contribution in [0, 0.1) is 0 Å². The van der Waals surface area contributed by atoms with Crippen LogP contribution in [-0.2, 0) is 0 Å².